The van der Waals surface area contributed by atoms with E-state index in [1.807, 2.05) is 19.1 Å². The van der Waals surface area contributed by atoms with Crippen molar-refractivity contribution in [3.05, 3.63) is 65.0 Å². The molecule has 1 aliphatic rings. The van der Waals surface area contributed by atoms with Crippen molar-refractivity contribution >= 4 is 0 Å². The first kappa shape index (κ1) is 17.9. The summed E-state index contributed by atoms with van der Waals surface area (Å²) in [4.78, 5) is 2.26. The van der Waals surface area contributed by atoms with E-state index in [4.69, 9.17) is 4.74 Å². The molecular formula is C21H26FNO2. The number of aliphatic hydroxyl groups excluding tert-OH is 1. The molecule has 0 unspecified atom stereocenters. The molecule has 0 spiro atoms. The second-order valence-corrected chi connectivity index (χ2v) is 6.92. The van der Waals surface area contributed by atoms with Gasteiger partial charge < -0.3 is 14.7 Å². The van der Waals surface area contributed by atoms with Gasteiger partial charge in [0.05, 0.1) is 6.10 Å². The minimum absolute atomic E-state index is 0.0337. The Labute approximate surface area is 149 Å². The molecular weight excluding hydrogens is 317 g/mol. The monoisotopic (exact) mass is 343 g/mol. The van der Waals surface area contributed by atoms with Crippen molar-refractivity contribution in [1.82, 2.24) is 4.90 Å². The molecule has 0 saturated carbocycles. The summed E-state index contributed by atoms with van der Waals surface area (Å²) in [5.74, 6) is 0.0199. The third-order valence-corrected chi connectivity index (χ3v) is 4.88. The van der Waals surface area contributed by atoms with Gasteiger partial charge in [0, 0.05) is 19.6 Å². The molecule has 0 radical (unpaired) electrons. The lowest BCUT2D eigenvalue weighted by molar-refractivity contribution is 0.0593. The molecule has 0 aromatic heterocycles. The molecule has 1 atom stereocenters. The van der Waals surface area contributed by atoms with E-state index in [0.29, 0.717) is 12.3 Å². The predicted octanol–water partition coefficient (Wildman–Crippen LogP) is 4.02. The van der Waals surface area contributed by atoms with Gasteiger partial charge in [0.2, 0.25) is 0 Å². The van der Waals surface area contributed by atoms with E-state index in [9.17, 15) is 9.50 Å². The highest BCUT2D eigenvalue weighted by Gasteiger charge is 2.23. The van der Waals surface area contributed by atoms with Crippen LogP contribution < -0.4 is 4.74 Å². The normalized spacial score (nSPS) is 17.4. The summed E-state index contributed by atoms with van der Waals surface area (Å²) < 4.78 is 19.5. The van der Waals surface area contributed by atoms with Crippen molar-refractivity contribution in [3.8, 4) is 5.75 Å². The van der Waals surface area contributed by atoms with E-state index < -0.39 is 6.10 Å². The molecule has 1 fully saturated rings. The molecule has 1 aliphatic heterocycles. The van der Waals surface area contributed by atoms with Gasteiger partial charge in [-0.1, -0.05) is 35.9 Å². The van der Waals surface area contributed by atoms with Crippen LogP contribution in [-0.2, 0) is 0 Å². The maximum absolute atomic E-state index is 13.7. The summed E-state index contributed by atoms with van der Waals surface area (Å²) in [7, 11) is 0. The van der Waals surface area contributed by atoms with E-state index in [1.54, 1.807) is 18.2 Å². The largest absolute Gasteiger partial charge is 0.487 e. The summed E-state index contributed by atoms with van der Waals surface area (Å²) in [5, 5.41) is 10.6. The number of aliphatic hydroxyl groups is 1. The number of nitrogens with zero attached hydrogens (tertiary/aromatic N) is 1. The zero-order chi connectivity index (χ0) is 17.8. The highest BCUT2D eigenvalue weighted by Crippen LogP contribution is 2.24. The van der Waals surface area contributed by atoms with Gasteiger partial charge in [-0.05, 0) is 49.9 Å². The van der Waals surface area contributed by atoms with Crippen LogP contribution in [0.1, 0.15) is 35.6 Å². The van der Waals surface area contributed by atoms with Crippen molar-refractivity contribution in [2.24, 2.45) is 0 Å². The van der Waals surface area contributed by atoms with Gasteiger partial charge in [-0.3, -0.25) is 0 Å². The Bertz CT molecular complexity index is 711. The molecule has 4 heteroatoms. The fourth-order valence-electron chi connectivity index (χ4n) is 3.47. The maximum atomic E-state index is 13.7. The number of likely N-dealkylation sites (tertiary alicyclic amines) is 1. The zero-order valence-electron chi connectivity index (χ0n) is 14.9. The van der Waals surface area contributed by atoms with Gasteiger partial charge in [-0.2, -0.15) is 0 Å². The number of hydrogen-bond donors (Lipinski definition) is 1. The first-order valence-electron chi connectivity index (χ1n) is 8.91. The zero-order valence-corrected chi connectivity index (χ0v) is 14.9. The average Bonchev–Trinajstić information content (AvgIpc) is 2.58. The van der Waals surface area contributed by atoms with E-state index in [2.05, 4.69) is 17.9 Å². The van der Waals surface area contributed by atoms with Gasteiger partial charge in [-0.25, -0.2) is 4.39 Å². The van der Waals surface area contributed by atoms with Crippen molar-refractivity contribution < 1.29 is 14.2 Å². The number of benzene rings is 2. The van der Waals surface area contributed by atoms with E-state index in [0.717, 1.165) is 37.1 Å². The quantitative estimate of drug-likeness (QED) is 0.890. The van der Waals surface area contributed by atoms with Crippen LogP contribution in [0.3, 0.4) is 0 Å². The summed E-state index contributed by atoms with van der Waals surface area (Å²) in [6, 6.07) is 12.7. The highest BCUT2D eigenvalue weighted by molar-refractivity contribution is 5.32. The Balaban J connectivity index is 1.51. The minimum atomic E-state index is -0.482. The third-order valence-electron chi connectivity index (χ3n) is 4.88. The molecule has 2 aromatic carbocycles. The van der Waals surface area contributed by atoms with Crippen LogP contribution in [-0.4, -0.2) is 35.7 Å². The molecule has 134 valence electrons. The Morgan fingerprint density at radius 1 is 1.16 bits per heavy atom. The van der Waals surface area contributed by atoms with E-state index >= 15 is 0 Å². The molecule has 0 amide bonds. The summed E-state index contributed by atoms with van der Waals surface area (Å²) >= 11 is 0. The van der Waals surface area contributed by atoms with Crippen LogP contribution in [0.2, 0.25) is 0 Å². The number of ether oxygens (including phenoxy) is 1. The predicted molar refractivity (Wildman–Crippen MR) is 97.4 cm³/mol. The lowest BCUT2D eigenvalue weighted by Crippen LogP contribution is -2.40. The van der Waals surface area contributed by atoms with Crippen LogP contribution in [0.5, 0.6) is 5.75 Å². The Morgan fingerprint density at radius 3 is 2.56 bits per heavy atom. The molecule has 3 rings (SSSR count). The number of rotatable bonds is 5. The molecule has 0 bridgehead atoms. The number of halogens is 1. The second-order valence-electron chi connectivity index (χ2n) is 6.92. The molecule has 25 heavy (non-hydrogen) atoms. The van der Waals surface area contributed by atoms with Crippen molar-refractivity contribution in [3.63, 3.8) is 0 Å². The van der Waals surface area contributed by atoms with Gasteiger partial charge in [0.1, 0.15) is 6.10 Å². The van der Waals surface area contributed by atoms with Crippen LogP contribution in [0.15, 0.2) is 42.5 Å². The lowest BCUT2D eigenvalue weighted by Gasteiger charge is -2.33. The van der Waals surface area contributed by atoms with Gasteiger partial charge in [-0.15, -0.1) is 0 Å². The average molecular weight is 343 g/mol. The van der Waals surface area contributed by atoms with Crippen molar-refractivity contribution in [2.45, 2.75) is 38.9 Å². The van der Waals surface area contributed by atoms with Crippen LogP contribution in [0.25, 0.3) is 0 Å². The number of hydrogen-bond acceptors (Lipinski definition) is 3. The number of aryl methyl sites for hydroxylation is 2. The third kappa shape index (κ3) is 4.59. The molecule has 0 aliphatic carbocycles. The van der Waals surface area contributed by atoms with Crippen LogP contribution in [0, 0.1) is 19.7 Å². The Kier molecular flexibility index (Phi) is 5.71. The SMILES string of the molecule is Cc1ccc([C@H](O)CN2CCC(Oc3ccccc3F)CC2)c(C)c1. The minimum Gasteiger partial charge on any atom is -0.487 e. The number of β-amino-alcohol motifs (C(OH)–C–C–N with tert-alkyl or cyclic N) is 1. The molecule has 2 aromatic rings. The van der Waals surface area contributed by atoms with Crippen molar-refractivity contribution in [1.29, 1.82) is 0 Å². The molecule has 1 saturated heterocycles. The van der Waals surface area contributed by atoms with Crippen LogP contribution in [0.4, 0.5) is 4.39 Å². The smallest absolute Gasteiger partial charge is 0.165 e. The lowest BCUT2D eigenvalue weighted by atomic mass is 9.99. The fraction of sp³-hybridized carbons (Fsp3) is 0.429. The standard InChI is InChI=1S/C21H26FNO2/c1-15-7-8-18(16(2)13-15)20(24)14-23-11-9-17(10-12-23)25-21-6-4-3-5-19(21)22/h3-8,13,17,20,24H,9-12,14H2,1-2H3/t20-/m1/s1. The highest BCUT2D eigenvalue weighted by atomic mass is 19.1. The first-order valence-corrected chi connectivity index (χ1v) is 8.91. The summed E-state index contributed by atoms with van der Waals surface area (Å²) in [6.07, 6.45) is 1.23. The topological polar surface area (TPSA) is 32.7 Å². The summed E-state index contributed by atoms with van der Waals surface area (Å²) in [6.45, 7) is 6.42. The van der Waals surface area contributed by atoms with Gasteiger partial charge in [0.25, 0.3) is 0 Å². The number of piperidine rings is 1. The van der Waals surface area contributed by atoms with E-state index in [-0.39, 0.29) is 11.9 Å². The van der Waals surface area contributed by atoms with Crippen LogP contribution >= 0.6 is 0 Å². The molecule has 1 heterocycles. The second kappa shape index (κ2) is 7.98. The van der Waals surface area contributed by atoms with Crippen molar-refractivity contribution in [2.75, 3.05) is 19.6 Å². The number of para-hydroxylation sites is 1. The van der Waals surface area contributed by atoms with E-state index in [1.165, 1.54) is 11.6 Å². The Hall–Kier alpha value is -1.91. The fourth-order valence-corrected chi connectivity index (χ4v) is 3.47. The molecule has 1 N–H and O–H groups in total. The first-order chi connectivity index (χ1) is 12.0. The van der Waals surface area contributed by atoms with Gasteiger partial charge >= 0.3 is 0 Å². The maximum Gasteiger partial charge on any atom is 0.165 e. The Morgan fingerprint density at radius 2 is 1.88 bits per heavy atom. The molecule has 3 nitrogen and oxygen atoms in total. The van der Waals surface area contributed by atoms with Gasteiger partial charge in [0.15, 0.2) is 11.6 Å². The summed E-state index contributed by atoms with van der Waals surface area (Å²) in [5.41, 5.74) is 3.33.